The van der Waals surface area contributed by atoms with Crippen LogP contribution in [0.25, 0.3) is 0 Å². The largest absolute Gasteiger partial charge is 0.508 e. The molecule has 0 amide bonds. The Bertz CT molecular complexity index is 397. The Morgan fingerprint density at radius 1 is 1.39 bits per heavy atom. The lowest BCUT2D eigenvalue weighted by atomic mass is 10.1. The van der Waals surface area contributed by atoms with Crippen LogP contribution in [-0.2, 0) is 0 Å². The smallest absolute Gasteiger partial charge is 0.122 e. The number of nitrogens with two attached hydrogens (primary N) is 1. The lowest BCUT2D eigenvalue weighted by Crippen LogP contribution is -2.32. The van der Waals surface area contributed by atoms with Gasteiger partial charge in [-0.25, -0.2) is 0 Å². The first kappa shape index (κ1) is 13.2. The molecule has 3 nitrogen and oxygen atoms in total. The van der Waals surface area contributed by atoms with Crippen LogP contribution in [0.15, 0.2) is 18.2 Å². The summed E-state index contributed by atoms with van der Waals surface area (Å²) in [5, 5.41) is 10.0. The van der Waals surface area contributed by atoms with Crippen LogP contribution in [0.1, 0.15) is 51.1 Å². The molecule has 1 aliphatic rings. The zero-order valence-electron chi connectivity index (χ0n) is 11.4. The second kappa shape index (κ2) is 5.61. The Morgan fingerprint density at radius 2 is 2.06 bits per heavy atom. The summed E-state index contributed by atoms with van der Waals surface area (Å²) in [7, 11) is 0. The van der Waals surface area contributed by atoms with Crippen LogP contribution in [0.4, 0.5) is 5.69 Å². The van der Waals surface area contributed by atoms with Crippen LogP contribution in [0.3, 0.4) is 0 Å². The SMILES string of the molecule is CCN(c1ccc(C(C)N)c(O)c1)C1CCCC1. The summed E-state index contributed by atoms with van der Waals surface area (Å²) >= 11 is 0. The highest BCUT2D eigenvalue weighted by Crippen LogP contribution is 2.32. The summed E-state index contributed by atoms with van der Waals surface area (Å²) in [4.78, 5) is 2.40. The maximum absolute atomic E-state index is 10.0. The van der Waals surface area contributed by atoms with Gasteiger partial charge in [0, 0.05) is 35.9 Å². The van der Waals surface area contributed by atoms with Gasteiger partial charge in [0.25, 0.3) is 0 Å². The summed E-state index contributed by atoms with van der Waals surface area (Å²) in [5.41, 5.74) is 7.76. The van der Waals surface area contributed by atoms with Crippen LogP contribution < -0.4 is 10.6 Å². The fraction of sp³-hybridized carbons (Fsp3) is 0.600. The van der Waals surface area contributed by atoms with Crippen molar-refractivity contribution in [3.05, 3.63) is 23.8 Å². The van der Waals surface area contributed by atoms with Crippen LogP contribution in [0.2, 0.25) is 0 Å². The maximum atomic E-state index is 10.0. The highest BCUT2D eigenvalue weighted by Gasteiger charge is 2.22. The minimum atomic E-state index is -0.124. The number of hydrogen-bond acceptors (Lipinski definition) is 3. The van der Waals surface area contributed by atoms with Gasteiger partial charge in [-0.3, -0.25) is 0 Å². The van der Waals surface area contributed by atoms with E-state index in [0.717, 1.165) is 17.8 Å². The Kier molecular flexibility index (Phi) is 4.12. The molecule has 2 rings (SSSR count). The number of aromatic hydroxyl groups is 1. The van der Waals surface area contributed by atoms with E-state index in [1.165, 1.54) is 25.7 Å². The predicted molar refractivity (Wildman–Crippen MR) is 76.0 cm³/mol. The van der Waals surface area contributed by atoms with Crippen molar-refractivity contribution in [2.24, 2.45) is 5.73 Å². The van der Waals surface area contributed by atoms with Gasteiger partial charge >= 0.3 is 0 Å². The number of hydrogen-bond donors (Lipinski definition) is 2. The third-order valence-corrected chi connectivity index (χ3v) is 3.94. The Labute approximate surface area is 110 Å². The first-order valence-corrected chi connectivity index (χ1v) is 6.98. The summed E-state index contributed by atoms with van der Waals surface area (Å²) < 4.78 is 0. The van der Waals surface area contributed by atoms with E-state index in [2.05, 4.69) is 17.9 Å². The van der Waals surface area contributed by atoms with Crippen molar-refractivity contribution in [2.75, 3.05) is 11.4 Å². The minimum Gasteiger partial charge on any atom is -0.508 e. The quantitative estimate of drug-likeness (QED) is 0.860. The molecule has 1 aliphatic carbocycles. The molecule has 1 aromatic rings. The highest BCUT2D eigenvalue weighted by molar-refractivity contribution is 5.54. The van der Waals surface area contributed by atoms with Crippen LogP contribution in [0.5, 0.6) is 5.75 Å². The van der Waals surface area contributed by atoms with Crippen molar-refractivity contribution in [1.29, 1.82) is 0 Å². The second-order valence-electron chi connectivity index (χ2n) is 5.26. The van der Waals surface area contributed by atoms with E-state index in [0.29, 0.717) is 11.8 Å². The molecular weight excluding hydrogens is 224 g/mol. The van der Waals surface area contributed by atoms with Gasteiger partial charge in [-0.2, -0.15) is 0 Å². The summed E-state index contributed by atoms with van der Waals surface area (Å²) in [6.45, 7) is 5.06. The van der Waals surface area contributed by atoms with Gasteiger partial charge in [0.1, 0.15) is 5.75 Å². The average Bonchev–Trinajstić information content (AvgIpc) is 2.83. The van der Waals surface area contributed by atoms with Gasteiger partial charge in [-0.1, -0.05) is 18.9 Å². The average molecular weight is 248 g/mol. The first-order chi connectivity index (χ1) is 8.63. The van der Waals surface area contributed by atoms with E-state index in [1.807, 2.05) is 19.1 Å². The van der Waals surface area contributed by atoms with Crippen molar-refractivity contribution in [3.8, 4) is 5.75 Å². The molecule has 1 aromatic carbocycles. The lowest BCUT2D eigenvalue weighted by molar-refractivity contribution is 0.463. The normalized spacial score (nSPS) is 17.9. The van der Waals surface area contributed by atoms with Gasteiger partial charge in [-0.05, 0) is 32.8 Å². The van der Waals surface area contributed by atoms with Crippen molar-refractivity contribution in [2.45, 2.75) is 51.6 Å². The summed E-state index contributed by atoms with van der Waals surface area (Å²) in [6.07, 6.45) is 5.18. The number of nitrogens with zero attached hydrogens (tertiary/aromatic N) is 1. The molecule has 1 saturated carbocycles. The topological polar surface area (TPSA) is 49.5 Å². The van der Waals surface area contributed by atoms with Crippen LogP contribution in [0, 0.1) is 0 Å². The van der Waals surface area contributed by atoms with Crippen LogP contribution in [-0.4, -0.2) is 17.7 Å². The van der Waals surface area contributed by atoms with E-state index in [-0.39, 0.29) is 6.04 Å². The highest BCUT2D eigenvalue weighted by atomic mass is 16.3. The zero-order valence-corrected chi connectivity index (χ0v) is 11.4. The molecule has 3 heteroatoms. The summed E-state index contributed by atoms with van der Waals surface area (Å²) in [6, 6.07) is 6.41. The van der Waals surface area contributed by atoms with Crippen molar-refractivity contribution in [1.82, 2.24) is 0 Å². The van der Waals surface area contributed by atoms with E-state index in [4.69, 9.17) is 5.73 Å². The molecule has 0 spiro atoms. The van der Waals surface area contributed by atoms with Gasteiger partial charge < -0.3 is 15.7 Å². The number of anilines is 1. The number of rotatable bonds is 4. The molecule has 100 valence electrons. The minimum absolute atomic E-state index is 0.124. The van der Waals surface area contributed by atoms with E-state index in [9.17, 15) is 5.11 Å². The Hall–Kier alpha value is -1.22. The van der Waals surface area contributed by atoms with Gasteiger partial charge in [0.2, 0.25) is 0 Å². The van der Waals surface area contributed by atoms with Gasteiger partial charge in [0.05, 0.1) is 0 Å². The van der Waals surface area contributed by atoms with Gasteiger partial charge in [0.15, 0.2) is 0 Å². The second-order valence-corrected chi connectivity index (χ2v) is 5.26. The first-order valence-electron chi connectivity index (χ1n) is 6.98. The van der Waals surface area contributed by atoms with E-state index < -0.39 is 0 Å². The fourth-order valence-electron chi connectivity index (χ4n) is 2.96. The number of phenols is 1. The maximum Gasteiger partial charge on any atom is 0.122 e. The monoisotopic (exact) mass is 248 g/mol. The van der Waals surface area contributed by atoms with Gasteiger partial charge in [-0.15, -0.1) is 0 Å². The molecule has 18 heavy (non-hydrogen) atoms. The molecule has 0 saturated heterocycles. The molecule has 0 aliphatic heterocycles. The molecular formula is C15H24N2O. The Morgan fingerprint density at radius 3 is 2.56 bits per heavy atom. The van der Waals surface area contributed by atoms with Crippen molar-refractivity contribution < 1.29 is 5.11 Å². The molecule has 1 unspecified atom stereocenters. The van der Waals surface area contributed by atoms with E-state index >= 15 is 0 Å². The summed E-state index contributed by atoms with van der Waals surface area (Å²) in [5.74, 6) is 0.318. The number of phenolic OH excluding ortho intramolecular Hbond substituents is 1. The molecule has 1 atom stereocenters. The van der Waals surface area contributed by atoms with Crippen molar-refractivity contribution in [3.63, 3.8) is 0 Å². The molecule has 0 bridgehead atoms. The molecule has 1 fully saturated rings. The molecule has 0 radical (unpaired) electrons. The predicted octanol–water partition coefficient (Wildman–Crippen LogP) is 3.18. The molecule has 0 heterocycles. The zero-order chi connectivity index (χ0) is 13.1. The third kappa shape index (κ3) is 2.61. The molecule has 3 N–H and O–H groups in total. The Balaban J connectivity index is 2.23. The van der Waals surface area contributed by atoms with Crippen LogP contribution >= 0.6 is 0 Å². The third-order valence-electron chi connectivity index (χ3n) is 3.94. The molecule has 0 aromatic heterocycles. The lowest BCUT2D eigenvalue weighted by Gasteiger charge is -2.30. The number of benzene rings is 1. The fourth-order valence-corrected chi connectivity index (χ4v) is 2.96. The van der Waals surface area contributed by atoms with E-state index in [1.54, 1.807) is 0 Å². The standard InChI is InChI=1S/C15H24N2O/c1-3-17(12-6-4-5-7-12)13-8-9-14(11(2)16)15(18)10-13/h8-12,18H,3-7,16H2,1-2H3. The van der Waals surface area contributed by atoms with Crippen molar-refractivity contribution >= 4 is 5.69 Å².